The minimum atomic E-state index is -1.11. The number of amides is 4. The minimum Gasteiger partial charge on any atom is -0.445 e. The highest BCUT2D eigenvalue weighted by Crippen LogP contribution is 2.13. The van der Waals surface area contributed by atoms with Gasteiger partial charge in [-0.15, -0.1) is 0 Å². The lowest BCUT2D eigenvalue weighted by Gasteiger charge is -2.29. The lowest BCUT2D eigenvalue weighted by atomic mass is 9.96. The Balaban J connectivity index is 2.15. The first-order valence-corrected chi connectivity index (χ1v) is 16.4. The van der Waals surface area contributed by atoms with Gasteiger partial charge in [0.25, 0.3) is 0 Å². The molecule has 2 rings (SSSR count). The molecule has 1 aromatic heterocycles. The average Bonchev–Trinajstić information content (AvgIpc) is 3.04. The molecule has 254 valence electrons. The zero-order valence-electron chi connectivity index (χ0n) is 28.0. The van der Waals surface area contributed by atoms with E-state index in [9.17, 15) is 24.3 Å². The molecule has 0 saturated heterocycles. The maximum absolute atomic E-state index is 13.7. The van der Waals surface area contributed by atoms with Crippen LogP contribution >= 0.6 is 0 Å². The van der Waals surface area contributed by atoms with Crippen LogP contribution in [0.25, 0.3) is 0 Å². The smallest absolute Gasteiger partial charge is 0.408 e. The van der Waals surface area contributed by atoms with E-state index < -0.39 is 42.1 Å². The summed E-state index contributed by atoms with van der Waals surface area (Å²) in [6.45, 7) is 10.6. The number of pyridine rings is 1. The molecule has 0 aliphatic carbocycles. The first-order chi connectivity index (χ1) is 22.0. The number of unbranched alkanes of at least 4 members (excludes halogenated alkanes) is 1. The SMILES string of the molecule is CCCC[C@H](NC(=O)[C@H](Cc1ccncc1)NC(=O)OCc1ccccc1)C(=O)NC(CC(C)C)C(O)CC(=O)NCC(C)CC. The highest BCUT2D eigenvalue weighted by molar-refractivity contribution is 5.91. The molecule has 0 fully saturated rings. The van der Waals surface area contributed by atoms with Crippen molar-refractivity contribution in [2.24, 2.45) is 11.8 Å². The summed E-state index contributed by atoms with van der Waals surface area (Å²) in [4.78, 5) is 56.6. The zero-order chi connectivity index (χ0) is 33.9. The predicted molar refractivity (Wildman–Crippen MR) is 177 cm³/mol. The summed E-state index contributed by atoms with van der Waals surface area (Å²) in [7, 11) is 0. The normalized spacial score (nSPS) is 14.3. The molecule has 46 heavy (non-hydrogen) atoms. The van der Waals surface area contributed by atoms with Crippen molar-refractivity contribution < 1.29 is 29.0 Å². The lowest BCUT2D eigenvalue weighted by molar-refractivity contribution is -0.131. The van der Waals surface area contributed by atoms with Crippen LogP contribution in [0.4, 0.5) is 4.79 Å². The van der Waals surface area contributed by atoms with Crippen molar-refractivity contribution in [1.82, 2.24) is 26.3 Å². The van der Waals surface area contributed by atoms with Gasteiger partial charge in [-0.3, -0.25) is 19.4 Å². The highest BCUT2D eigenvalue weighted by atomic mass is 16.5. The number of rotatable bonds is 20. The number of carbonyl (C=O) groups excluding carboxylic acids is 4. The number of carbonyl (C=O) groups is 4. The van der Waals surface area contributed by atoms with E-state index >= 15 is 0 Å². The number of aromatic nitrogens is 1. The molecule has 5 atom stereocenters. The van der Waals surface area contributed by atoms with E-state index in [0.717, 1.165) is 24.0 Å². The topological polar surface area (TPSA) is 159 Å². The number of aliphatic hydroxyl groups is 1. The van der Waals surface area contributed by atoms with Crippen LogP contribution < -0.4 is 21.3 Å². The van der Waals surface area contributed by atoms with E-state index in [0.29, 0.717) is 31.7 Å². The first kappa shape index (κ1) is 38.2. The molecular formula is C35H53N5O6. The summed E-state index contributed by atoms with van der Waals surface area (Å²) in [6, 6.07) is 10.0. The van der Waals surface area contributed by atoms with Crippen LogP contribution in [0.5, 0.6) is 0 Å². The summed E-state index contributed by atoms with van der Waals surface area (Å²) in [5.74, 6) is -0.841. The van der Waals surface area contributed by atoms with Gasteiger partial charge < -0.3 is 31.1 Å². The van der Waals surface area contributed by atoms with Crippen molar-refractivity contribution in [2.75, 3.05) is 6.54 Å². The van der Waals surface area contributed by atoms with Crippen molar-refractivity contribution in [2.45, 2.75) is 110 Å². The molecule has 1 heterocycles. The number of aliphatic hydroxyl groups excluding tert-OH is 1. The maximum Gasteiger partial charge on any atom is 0.408 e. The van der Waals surface area contributed by atoms with Crippen LogP contribution in [0.15, 0.2) is 54.9 Å². The lowest BCUT2D eigenvalue weighted by Crippen LogP contribution is -2.57. The molecular weight excluding hydrogens is 586 g/mol. The Morgan fingerprint density at radius 1 is 0.870 bits per heavy atom. The van der Waals surface area contributed by atoms with E-state index in [4.69, 9.17) is 4.74 Å². The summed E-state index contributed by atoms with van der Waals surface area (Å²) in [6.07, 6.45) is 4.50. The third-order valence-electron chi connectivity index (χ3n) is 7.75. The monoisotopic (exact) mass is 639 g/mol. The Kier molecular flexibility index (Phi) is 17.4. The third kappa shape index (κ3) is 14.9. The van der Waals surface area contributed by atoms with Crippen molar-refractivity contribution in [3.05, 3.63) is 66.0 Å². The molecule has 0 bridgehead atoms. The molecule has 1 aromatic carbocycles. The first-order valence-electron chi connectivity index (χ1n) is 16.4. The van der Waals surface area contributed by atoms with E-state index in [-0.39, 0.29) is 31.3 Å². The maximum atomic E-state index is 13.7. The zero-order valence-corrected chi connectivity index (χ0v) is 28.0. The summed E-state index contributed by atoms with van der Waals surface area (Å²) < 4.78 is 5.37. The van der Waals surface area contributed by atoms with Gasteiger partial charge in [0.1, 0.15) is 18.7 Å². The molecule has 0 saturated carbocycles. The van der Waals surface area contributed by atoms with Crippen LogP contribution in [0.2, 0.25) is 0 Å². The van der Waals surface area contributed by atoms with Crippen molar-refractivity contribution in [1.29, 1.82) is 0 Å². The largest absolute Gasteiger partial charge is 0.445 e. The molecule has 0 radical (unpaired) electrons. The van der Waals surface area contributed by atoms with E-state index in [1.54, 1.807) is 24.5 Å². The second kappa shape index (κ2) is 20.9. The van der Waals surface area contributed by atoms with Crippen molar-refractivity contribution in [3.63, 3.8) is 0 Å². The average molecular weight is 640 g/mol. The summed E-state index contributed by atoms with van der Waals surface area (Å²) in [5.41, 5.74) is 1.56. The minimum absolute atomic E-state index is 0.0347. The van der Waals surface area contributed by atoms with Gasteiger partial charge in [-0.25, -0.2) is 4.79 Å². The molecule has 4 amide bonds. The number of hydrogen-bond acceptors (Lipinski definition) is 7. The van der Waals surface area contributed by atoms with Crippen LogP contribution in [0.3, 0.4) is 0 Å². The van der Waals surface area contributed by atoms with E-state index in [2.05, 4.69) is 26.3 Å². The summed E-state index contributed by atoms with van der Waals surface area (Å²) in [5, 5.41) is 22.2. The molecule has 0 spiro atoms. The Hall–Kier alpha value is -3.99. The van der Waals surface area contributed by atoms with Crippen molar-refractivity contribution in [3.8, 4) is 0 Å². The van der Waals surface area contributed by atoms with Gasteiger partial charge in [-0.05, 0) is 47.9 Å². The second-order valence-corrected chi connectivity index (χ2v) is 12.4. The number of alkyl carbamates (subject to hydrolysis) is 1. The Bertz CT molecular complexity index is 1200. The van der Waals surface area contributed by atoms with Gasteiger partial charge in [0.05, 0.1) is 18.6 Å². The molecule has 11 nitrogen and oxygen atoms in total. The Morgan fingerprint density at radius 3 is 2.17 bits per heavy atom. The van der Waals surface area contributed by atoms with Gasteiger partial charge in [-0.2, -0.15) is 0 Å². The van der Waals surface area contributed by atoms with Crippen LogP contribution in [0, 0.1) is 11.8 Å². The molecule has 2 aromatic rings. The predicted octanol–water partition coefficient (Wildman–Crippen LogP) is 4.04. The number of hydrogen-bond donors (Lipinski definition) is 5. The van der Waals surface area contributed by atoms with Gasteiger partial charge in [-0.1, -0.05) is 84.2 Å². The van der Waals surface area contributed by atoms with Crippen LogP contribution in [-0.4, -0.2) is 64.7 Å². The van der Waals surface area contributed by atoms with Crippen LogP contribution in [-0.2, 0) is 32.1 Å². The molecule has 0 aliphatic heterocycles. The quantitative estimate of drug-likeness (QED) is 0.146. The van der Waals surface area contributed by atoms with Gasteiger partial charge in [0.2, 0.25) is 17.7 Å². The Labute approximate surface area is 273 Å². The Morgan fingerprint density at radius 2 is 1.54 bits per heavy atom. The highest BCUT2D eigenvalue weighted by Gasteiger charge is 2.31. The number of ether oxygens (including phenoxy) is 1. The van der Waals surface area contributed by atoms with E-state index in [1.807, 2.05) is 65.0 Å². The number of benzene rings is 1. The van der Waals surface area contributed by atoms with Crippen LogP contribution in [0.1, 0.15) is 84.3 Å². The fourth-order valence-electron chi connectivity index (χ4n) is 4.76. The van der Waals surface area contributed by atoms with Gasteiger partial charge in [0.15, 0.2) is 0 Å². The molecule has 11 heteroatoms. The van der Waals surface area contributed by atoms with Crippen molar-refractivity contribution >= 4 is 23.8 Å². The number of nitrogens with one attached hydrogen (secondary N) is 4. The standard InChI is InChI=1S/C35H53N5O6/c1-6-8-14-28(33(43)39-29(19-24(3)4)31(41)21-32(42)37-22-25(5)7-2)38-34(44)30(20-26-15-17-36-18-16-26)40-35(45)46-23-27-12-10-9-11-13-27/h9-13,15-18,24-25,28-31,41H,6-8,14,19-23H2,1-5H3,(H,37,42)(H,38,44)(H,39,43)(H,40,45)/t25?,28-,29?,30-,31?/m0/s1. The fourth-order valence-corrected chi connectivity index (χ4v) is 4.76. The molecule has 5 N–H and O–H groups in total. The van der Waals surface area contributed by atoms with E-state index in [1.165, 1.54) is 0 Å². The van der Waals surface area contributed by atoms with Gasteiger partial charge in [0, 0.05) is 25.4 Å². The second-order valence-electron chi connectivity index (χ2n) is 12.4. The molecule has 3 unspecified atom stereocenters. The fraction of sp³-hybridized carbons (Fsp3) is 0.571. The molecule has 0 aliphatic rings. The third-order valence-corrected chi connectivity index (χ3v) is 7.75. The van der Waals surface area contributed by atoms with Gasteiger partial charge >= 0.3 is 6.09 Å². The number of nitrogens with zero attached hydrogens (tertiary/aromatic N) is 1. The summed E-state index contributed by atoms with van der Waals surface area (Å²) >= 11 is 0.